The minimum absolute atomic E-state index is 0.276. The molecule has 10 heteroatoms. The van der Waals surface area contributed by atoms with Gasteiger partial charge in [-0.15, -0.1) is 0 Å². The Balaban J connectivity index is 1.38. The highest BCUT2D eigenvalue weighted by Crippen LogP contribution is 2.29. The molecule has 0 bridgehead atoms. The maximum Gasteiger partial charge on any atom is 0.316 e. The van der Waals surface area contributed by atoms with Crippen LogP contribution in [0.15, 0.2) is 64.9 Å². The van der Waals surface area contributed by atoms with Crippen LogP contribution in [-0.4, -0.2) is 32.4 Å². The van der Waals surface area contributed by atoms with Gasteiger partial charge in [-0.05, 0) is 60.4 Å². The fourth-order valence-electron chi connectivity index (χ4n) is 3.57. The summed E-state index contributed by atoms with van der Waals surface area (Å²) in [6, 6.07) is 13.4. The molecule has 0 saturated carbocycles. The number of hydrogen-bond acceptors (Lipinski definition) is 8. The molecule has 2 aromatic carbocycles. The van der Waals surface area contributed by atoms with Crippen molar-refractivity contribution in [1.82, 2.24) is 19.5 Å². The number of ether oxygens (including phenoxy) is 2. The number of thioether (sulfide) groups is 1. The maximum absolute atomic E-state index is 12.6. The van der Waals surface area contributed by atoms with E-state index in [0.29, 0.717) is 51.4 Å². The average molecular weight is 534 g/mol. The average Bonchev–Trinajstić information content (AvgIpc) is 2.90. The van der Waals surface area contributed by atoms with E-state index in [2.05, 4.69) is 21.0 Å². The monoisotopic (exact) mass is 533 g/mol. The van der Waals surface area contributed by atoms with Crippen molar-refractivity contribution >= 4 is 23.4 Å². The van der Waals surface area contributed by atoms with Crippen molar-refractivity contribution in [2.45, 2.75) is 24.9 Å². The number of aryl methyl sites for hydroxylation is 3. The van der Waals surface area contributed by atoms with Crippen LogP contribution in [0.2, 0.25) is 5.02 Å². The van der Waals surface area contributed by atoms with Crippen LogP contribution in [-0.2, 0) is 19.9 Å². The Hall–Kier alpha value is -3.87. The van der Waals surface area contributed by atoms with Gasteiger partial charge in [0.15, 0.2) is 5.16 Å². The maximum atomic E-state index is 12.6. The molecule has 2 aromatic heterocycles. The molecule has 8 nitrogen and oxygen atoms in total. The lowest BCUT2D eigenvalue weighted by Crippen LogP contribution is -2.18. The first-order valence-corrected chi connectivity index (χ1v) is 12.7. The highest BCUT2D eigenvalue weighted by atomic mass is 35.5. The van der Waals surface area contributed by atoms with Crippen molar-refractivity contribution in [2.24, 2.45) is 7.05 Å². The molecule has 0 aliphatic rings. The molecule has 0 unspecified atom stereocenters. The molecule has 0 amide bonds. The van der Waals surface area contributed by atoms with Crippen LogP contribution in [0.25, 0.3) is 0 Å². The van der Waals surface area contributed by atoms with Gasteiger partial charge in [0.1, 0.15) is 17.6 Å². The van der Waals surface area contributed by atoms with Gasteiger partial charge in [-0.2, -0.15) is 10.2 Å². The van der Waals surface area contributed by atoms with Crippen molar-refractivity contribution in [3.8, 4) is 23.6 Å². The summed E-state index contributed by atoms with van der Waals surface area (Å²) in [5.41, 5.74) is 3.43. The Morgan fingerprint density at radius 2 is 1.92 bits per heavy atom. The van der Waals surface area contributed by atoms with Gasteiger partial charge in [0.05, 0.1) is 12.7 Å². The molecule has 0 spiro atoms. The molecule has 188 valence electrons. The van der Waals surface area contributed by atoms with Crippen molar-refractivity contribution in [2.75, 3.05) is 12.9 Å². The smallest absolute Gasteiger partial charge is 0.316 e. The molecule has 4 aromatic rings. The summed E-state index contributed by atoms with van der Waals surface area (Å²) < 4.78 is 12.7. The number of hydrogen-bond donors (Lipinski definition) is 0. The van der Waals surface area contributed by atoms with Gasteiger partial charge >= 0.3 is 6.01 Å². The third-order valence-corrected chi connectivity index (χ3v) is 7.00. The lowest BCUT2D eigenvalue weighted by Gasteiger charge is -2.11. The highest BCUT2D eigenvalue weighted by Gasteiger charge is 2.11. The highest BCUT2D eigenvalue weighted by molar-refractivity contribution is 7.99. The second kappa shape index (κ2) is 11.9. The van der Waals surface area contributed by atoms with Crippen molar-refractivity contribution < 1.29 is 9.47 Å². The Bertz CT molecular complexity index is 1520. The van der Waals surface area contributed by atoms with Crippen LogP contribution in [0, 0.1) is 18.3 Å². The predicted octanol–water partition coefficient (Wildman–Crippen LogP) is 5.13. The van der Waals surface area contributed by atoms with Gasteiger partial charge in [0, 0.05) is 48.4 Å². The summed E-state index contributed by atoms with van der Waals surface area (Å²) in [7, 11) is 3.36. The second-order valence-corrected chi connectivity index (χ2v) is 9.74. The predicted molar refractivity (Wildman–Crippen MR) is 143 cm³/mol. The topological polar surface area (TPSA) is 103 Å². The van der Waals surface area contributed by atoms with Gasteiger partial charge in [-0.3, -0.25) is 4.79 Å². The first-order valence-electron chi connectivity index (χ1n) is 11.4. The number of rotatable bonds is 9. The Morgan fingerprint density at radius 1 is 1.14 bits per heavy atom. The number of methoxy groups -OCH3 is 1. The lowest BCUT2D eigenvalue weighted by molar-refractivity contribution is 0.379. The molecule has 0 radical (unpaired) electrons. The fraction of sp³-hybridized carbons (Fsp3) is 0.222. The zero-order valence-corrected chi connectivity index (χ0v) is 22.1. The zero-order valence-electron chi connectivity index (χ0n) is 20.6. The minimum atomic E-state index is -0.276. The summed E-state index contributed by atoms with van der Waals surface area (Å²) in [5.74, 6) is 1.80. The fourth-order valence-corrected chi connectivity index (χ4v) is 4.62. The molecule has 0 fully saturated rings. The Labute approximate surface area is 223 Å². The van der Waals surface area contributed by atoms with E-state index >= 15 is 0 Å². The molecule has 4 rings (SSSR count). The van der Waals surface area contributed by atoms with Crippen LogP contribution in [0.1, 0.15) is 27.8 Å². The van der Waals surface area contributed by atoms with E-state index in [1.54, 1.807) is 36.8 Å². The second-order valence-electron chi connectivity index (χ2n) is 8.27. The lowest BCUT2D eigenvalue weighted by atomic mass is 10.1. The standard InChI is InChI=1S/C27H24ClN5O3S/c1-17-10-22(5-6-23(17)28)36-24-7-4-18(11-20(24)13-29)8-9-37-27-32-25(34)21(16-33(27)2)12-19-14-30-26(35-3)31-15-19/h4-7,10-11,14-16H,8-9,12H2,1-3H3. The Morgan fingerprint density at radius 3 is 2.62 bits per heavy atom. The van der Waals surface area contributed by atoms with E-state index in [1.165, 1.54) is 18.9 Å². The van der Waals surface area contributed by atoms with Gasteiger partial charge < -0.3 is 14.0 Å². The number of aromatic nitrogens is 4. The third-order valence-electron chi connectivity index (χ3n) is 5.53. The number of nitriles is 1. The first-order chi connectivity index (χ1) is 17.9. The summed E-state index contributed by atoms with van der Waals surface area (Å²) >= 11 is 7.57. The van der Waals surface area contributed by atoms with Crippen LogP contribution in [0.3, 0.4) is 0 Å². The first kappa shape index (κ1) is 26.2. The van der Waals surface area contributed by atoms with Crippen molar-refractivity contribution in [3.63, 3.8) is 0 Å². The van der Waals surface area contributed by atoms with E-state index in [1.807, 2.05) is 36.7 Å². The summed E-state index contributed by atoms with van der Waals surface area (Å²) in [4.78, 5) is 25.0. The molecular formula is C27H24ClN5O3S. The molecular weight excluding hydrogens is 510 g/mol. The number of benzene rings is 2. The molecule has 0 aliphatic heterocycles. The van der Waals surface area contributed by atoms with E-state index in [0.717, 1.165) is 16.7 Å². The van der Waals surface area contributed by atoms with Gasteiger partial charge in [0.25, 0.3) is 5.56 Å². The largest absolute Gasteiger partial charge is 0.467 e. The molecule has 0 atom stereocenters. The van der Waals surface area contributed by atoms with Gasteiger partial charge in [-0.25, -0.2) is 9.97 Å². The van der Waals surface area contributed by atoms with E-state index in [-0.39, 0.29) is 11.6 Å². The summed E-state index contributed by atoms with van der Waals surface area (Å²) in [5, 5.41) is 10.9. The quantitative estimate of drug-likeness (QED) is 0.215. The SMILES string of the molecule is COc1ncc(Cc2cn(C)c(SCCc3ccc(Oc4ccc(Cl)c(C)c4)c(C#N)c3)nc2=O)cn1. The minimum Gasteiger partial charge on any atom is -0.467 e. The van der Waals surface area contributed by atoms with Gasteiger partial charge in [0.2, 0.25) is 0 Å². The van der Waals surface area contributed by atoms with Gasteiger partial charge in [-0.1, -0.05) is 29.4 Å². The molecule has 0 aliphatic carbocycles. The van der Waals surface area contributed by atoms with E-state index in [9.17, 15) is 10.1 Å². The van der Waals surface area contributed by atoms with Crippen molar-refractivity contribution in [1.29, 1.82) is 5.26 Å². The van der Waals surface area contributed by atoms with Crippen molar-refractivity contribution in [3.05, 3.63) is 98.2 Å². The molecule has 0 N–H and O–H groups in total. The third kappa shape index (κ3) is 6.67. The van der Waals surface area contributed by atoms with E-state index < -0.39 is 0 Å². The normalized spacial score (nSPS) is 10.7. The number of halogens is 1. The van der Waals surface area contributed by atoms with Crippen LogP contribution in [0.4, 0.5) is 0 Å². The zero-order chi connectivity index (χ0) is 26.4. The Kier molecular flexibility index (Phi) is 8.43. The summed E-state index contributed by atoms with van der Waals surface area (Å²) in [6.45, 7) is 1.90. The molecule has 0 saturated heterocycles. The van der Waals surface area contributed by atoms with Crippen LogP contribution >= 0.6 is 23.4 Å². The summed E-state index contributed by atoms with van der Waals surface area (Å²) in [6.07, 6.45) is 6.14. The molecule has 2 heterocycles. The molecule has 37 heavy (non-hydrogen) atoms. The van der Waals surface area contributed by atoms with Crippen LogP contribution in [0.5, 0.6) is 17.5 Å². The van der Waals surface area contributed by atoms with Crippen LogP contribution < -0.4 is 15.0 Å². The number of nitrogens with zero attached hydrogens (tertiary/aromatic N) is 5. The van der Waals surface area contributed by atoms with E-state index in [4.69, 9.17) is 21.1 Å².